The summed E-state index contributed by atoms with van der Waals surface area (Å²) in [5.74, 6) is 1.89. The predicted octanol–water partition coefficient (Wildman–Crippen LogP) is 2.22. The van der Waals surface area contributed by atoms with E-state index >= 15 is 0 Å². The molecule has 1 aromatic heterocycles. The third kappa shape index (κ3) is 3.60. The van der Waals surface area contributed by atoms with Crippen LogP contribution >= 0.6 is 0 Å². The number of anilines is 2. The van der Waals surface area contributed by atoms with Gasteiger partial charge < -0.3 is 10.2 Å². The van der Waals surface area contributed by atoms with Crippen LogP contribution in [0.4, 0.5) is 11.6 Å². The molecule has 0 bridgehead atoms. The lowest BCUT2D eigenvalue weighted by molar-refractivity contribution is 0.232. The monoisotopic (exact) mass is 277 g/mol. The second-order valence-electron chi connectivity index (χ2n) is 5.30. The molecule has 1 atom stereocenters. The molecule has 0 aromatic carbocycles. The maximum absolute atomic E-state index is 4.67. The van der Waals surface area contributed by atoms with Gasteiger partial charge in [-0.05, 0) is 25.9 Å². The van der Waals surface area contributed by atoms with Crippen molar-refractivity contribution < 1.29 is 0 Å². The molecule has 0 saturated carbocycles. The molecule has 1 unspecified atom stereocenters. The Balaban J connectivity index is 1.98. The Hall–Kier alpha value is -1.36. The minimum atomic E-state index is 0.652. The molecule has 1 aliphatic heterocycles. The smallest absolute Gasteiger partial charge is 0.149 e. The summed E-state index contributed by atoms with van der Waals surface area (Å²) in [6.45, 7) is 12.0. The van der Waals surface area contributed by atoms with Crippen LogP contribution in [0.5, 0.6) is 0 Å². The Morgan fingerprint density at radius 1 is 1.30 bits per heavy atom. The fraction of sp³-hybridized carbons (Fsp3) is 0.733. The summed E-state index contributed by atoms with van der Waals surface area (Å²) in [7, 11) is 0. The first kappa shape index (κ1) is 15.0. The van der Waals surface area contributed by atoms with Gasteiger partial charge >= 0.3 is 0 Å². The molecule has 0 radical (unpaired) electrons. The summed E-state index contributed by atoms with van der Waals surface area (Å²) >= 11 is 0. The number of likely N-dealkylation sites (N-methyl/N-ethyl adjacent to an activating group) is 1. The van der Waals surface area contributed by atoms with E-state index in [1.807, 2.05) is 6.20 Å². The van der Waals surface area contributed by atoms with Gasteiger partial charge in [-0.15, -0.1) is 0 Å². The van der Waals surface area contributed by atoms with Crippen LogP contribution < -0.4 is 10.2 Å². The highest BCUT2D eigenvalue weighted by atomic mass is 15.3. The van der Waals surface area contributed by atoms with E-state index in [2.05, 4.69) is 45.9 Å². The van der Waals surface area contributed by atoms with Gasteiger partial charge in [-0.3, -0.25) is 9.88 Å². The lowest BCUT2D eigenvalue weighted by Crippen LogP contribution is -2.37. The number of nitrogens with zero attached hydrogens (tertiary/aromatic N) is 4. The van der Waals surface area contributed by atoms with Crippen LogP contribution in [0, 0.1) is 0 Å². The molecular formula is C15H27N5. The van der Waals surface area contributed by atoms with Crippen molar-refractivity contribution in [2.75, 3.05) is 42.9 Å². The Labute approximate surface area is 122 Å². The second-order valence-corrected chi connectivity index (χ2v) is 5.30. The van der Waals surface area contributed by atoms with Gasteiger partial charge in [0.25, 0.3) is 0 Å². The molecule has 1 fully saturated rings. The van der Waals surface area contributed by atoms with E-state index in [0.29, 0.717) is 6.04 Å². The highest BCUT2D eigenvalue weighted by Gasteiger charge is 2.27. The van der Waals surface area contributed by atoms with E-state index in [1.54, 1.807) is 6.20 Å². The molecule has 1 N–H and O–H groups in total. The predicted molar refractivity (Wildman–Crippen MR) is 84.4 cm³/mol. The number of aromatic nitrogens is 2. The van der Waals surface area contributed by atoms with Crippen LogP contribution in [0.2, 0.25) is 0 Å². The van der Waals surface area contributed by atoms with Crippen molar-refractivity contribution in [1.82, 2.24) is 14.9 Å². The zero-order chi connectivity index (χ0) is 14.4. The first-order valence-electron chi connectivity index (χ1n) is 7.83. The van der Waals surface area contributed by atoms with E-state index in [1.165, 1.54) is 6.42 Å². The van der Waals surface area contributed by atoms with Gasteiger partial charge in [0.1, 0.15) is 11.6 Å². The van der Waals surface area contributed by atoms with Gasteiger partial charge in [0.15, 0.2) is 0 Å². The highest BCUT2D eigenvalue weighted by Crippen LogP contribution is 2.21. The molecule has 5 nitrogen and oxygen atoms in total. The molecule has 1 saturated heterocycles. The Morgan fingerprint density at radius 3 is 2.80 bits per heavy atom. The van der Waals surface area contributed by atoms with Gasteiger partial charge in [-0.1, -0.05) is 20.8 Å². The molecule has 1 aliphatic rings. The van der Waals surface area contributed by atoms with Crippen LogP contribution in [0.15, 0.2) is 12.4 Å². The molecule has 0 spiro atoms. The number of nitrogens with one attached hydrogen (secondary N) is 1. The zero-order valence-corrected chi connectivity index (χ0v) is 13.0. The summed E-state index contributed by atoms with van der Waals surface area (Å²) in [6.07, 6.45) is 5.99. The maximum Gasteiger partial charge on any atom is 0.149 e. The molecule has 0 amide bonds. The first-order chi connectivity index (χ1) is 9.78. The van der Waals surface area contributed by atoms with Gasteiger partial charge in [-0.2, -0.15) is 0 Å². The van der Waals surface area contributed by atoms with Crippen LogP contribution in [0.1, 0.15) is 33.6 Å². The van der Waals surface area contributed by atoms with Gasteiger partial charge in [0, 0.05) is 25.7 Å². The van der Waals surface area contributed by atoms with Gasteiger partial charge in [0.2, 0.25) is 0 Å². The largest absolute Gasteiger partial charge is 0.369 e. The third-order valence-electron chi connectivity index (χ3n) is 3.99. The molecular weight excluding hydrogens is 250 g/mol. The van der Waals surface area contributed by atoms with Crippen LogP contribution in [-0.4, -0.2) is 53.6 Å². The minimum absolute atomic E-state index is 0.652. The quantitative estimate of drug-likeness (QED) is 0.828. The van der Waals surface area contributed by atoms with Crippen molar-refractivity contribution in [3.8, 4) is 0 Å². The minimum Gasteiger partial charge on any atom is -0.369 e. The number of rotatable bonds is 7. The van der Waals surface area contributed by atoms with Crippen molar-refractivity contribution >= 4 is 11.6 Å². The Bertz CT molecular complexity index is 405. The Morgan fingerprint density at radius 2 is 2.10 bits per heavy atom. The Kier molecular flexibility index (Phi) is 5.59. The van der Waals surface area contributed by atoms with Crippen molar-refractivity contribution in [1.29, 1.82) is 0 Å². The van der Waals surface area contributed by atoms with Crippen molar-refractivity contribution in [3.05, 3.63) is 12.4 Å². The van der Waals surface area contributed by atoms with E-state index in [9.17, 15) is 0 Å². The lowest BCUT2D eigenvalue weighted by atomic mass is 10.2. The third-order valence-corrected chi connectivity index (χ3v) is 3.99. The SMILES string of the molecule is CCCNc1cncc(N2CCC(N(CC)CC)C2)n1. The summed E-state index contributed by atoms with van der Waals surface area (Å²) in [4.78, 5) is 13.9. The van der Waals surface area contributed by atoms with Crippen molar-refractivity contribution in [2.45, 2.75) is 39.7 Å². The second kappa shape index (κ2) is 7.43. The van der Waals surface area contributed by atoms with E-state index in [0.717, 1.165) is 50.8 Å². The summed E-state index contributed by atoms with van der Waals surface area (Å²) < 4.78 is 0. The maximum atomic E-state index is 4.67. The average Bonchev–Trinajstić information content (AvgIpc) is 2.96. The molecule has 1 aromatic rings. The number of hydrogen-bond acceptors (Lipinski definition) is 5. The van der Waals surface area contributed by atoms with Crippen LogP contribution in [0.3, 0.4) is 0 Å². The number of hydrogen-bond donors (Lipinski definition) is 1. The summed E-state index contributed by atoms with van der Waals surface area (Å²) in [5, 5.41) is 3.30. The normalized spacial score (nSPS) is 18.8. The van der Waals surface area contributed by atoms with E-state index < -0.39 is 0 Å². The van der Waals surface area contributed by atoms with Crippen LogP contribution in [-0.2, 0) is 0 Å². The fourth-order valence-electron chi connectivity index (χ4n) is 2.83. The topological polar surface area (TPSA) is 44.3 Å². The molecule has 0 aliphatic carbocycles. The molecule has 2 heterocycles. The van der Waals surface area contributed by atoms with Crippen LogP contribution in [0.25, 0.3) is 0 Å². The first-order valence-corrected chi connectivity index (χ1v) is 7.83. The lowest BCUT2D eigenvalue weighted by Gasteiger charge is -2.26. The van der Waals surface area contributed by atoms with E-state index in [4.69, 9.17) is 0 Å². The molecule has 20 heavy (non-hydrogen) atoms. The standard InChI is InChI=1S/C15H27N5/c1-4-8-17-14-10-16-11-15(18-14)20-9-7-13(12-20)19(5-2)6-3/h10-11,13H,4-9,12H2,1-3H3,(H,17,18). The van der Waals surface area contributed by atoms with Crippen molar-refractivity contribution in [2.24, 2.45) is 0 Å². The average molecular weight is 277 g/mol. The molecule has 2 rings (SSSR count). The summed E-state index contributed by atoms with van der Waals surface area (Å²) in [5.41, 5.74) is 0. The molecule has 112 valence electrons. The van der Waals surface area contributed by atoms with Crippen molar-refractivity contribution in [3.63, 3.8) is 0 Å². The zero-order valence-electron chi connectivity index (χ0n) is 13.0. The summed E-state index contributed by atoms with van der Waals surface area (Å²) in [6, 6.07) is 0.652. The van der Waals surface area contributed by atoms with Gasteiger partial charge in [-0.25, -0.2) is 4.98 Å². The fourth-order valence-corrected chi connectivity index (χ4v) is 2.83. The highest BCUT2D eigenvalue weighted by molar-refractivity contribution is 5.44. The molecule has 5 heteroatoms. The van der Waals surface area contributed by atoms with E-state index in [-0.39, 0.29) is 0 Å². The van der Waals surface area contributed by atoms with Gasteiger partial charge in [0.05, 0.1) is 12.4 Å².